The number of ether oxygens (including phenoxy) is 1. The van der Waals surface area contributed by atoms with Crippen LogP contribution < -0.4 is 5.11 Å². The number of carbonyl (C=O) groups excluding carboxylic acids is 1. The molecule has 12 nitrogen and oxygen atoms in total. The molecule has 0 aromatic heterocycles. The SMILES string of the molecule is C=C(C)C(=O)OCCS(=O)(=O)[O-].CC(C)[O-].CCCCCCCCCCCCc1cccc(S(=O)(=O)[O-])c1.CCCCCCCCCCCCc1cccc(S(=O)(=O)[O-])c1.[Ti+4]. The summed E-state index contributed by atoms with van der Waals surface area (Å²) in [5.74, 6) is -1.40. The van der Waals surface area contributed by atoms with E-state index in [9.17, 15) is 48.8 Å². The summed E-state index contributed by atoms with van der Waals surface area (Å²) in [6, 6.07) is 12.8. The molecule has 0 saturated carbocycles. The minimum absolute atomic E-state index is 0. The zero-order valence-electron chi connectivity index (χ0n) is 37.5. The molecule has 61 heavy (non-hydrogen) atoms. The van der Waals surface area contributed by atoms with Crippen LogP contribution in [0.25, 0.3) is 0 Å². The summed E-state index contributed by atoms with van der Waals surface area (Å²) >= 11 is 0. The zero-order valence-corrected chi connectivity index (χ0v) is 41.5. The second kappa shape index (κ2) is 38.5. The summed E-state index contributed by atoms with van der Waals surface area (Å²) in [5, 5.41) is 9.53. The van der Waals surface area contributed by atoms with E-state index in [2.05, 4.69) is 25.2 Å². The molecule has 0 fully saturated rings. The summed E-state index contributed by atoms with van der Waals surface area (Å²) in [4.78, 5) is 10.4. The molecule has 16 heteroatoms. The first-order chi connectivity index (χ1) is 28.1. The molecular weight excluding hydrogens is 877 g/mol. The van der Waals surface area contributed by atoms with Gasteiger partial charge in [0, 0.05) is 5.57 Å². The van der Waals surface area contributed by atoms with Crippen LogP contribution in [0.5, 0.6) is 0 Å². The molecule has 2 aromatic carbocycles. The third-order valence-corrected chi connectivity index (χ3v) is 11.3. The van der Waals surface area contributed by atoms with Crippen LogP contribution >= 0.6 is 0 Å². The van der Waals surface area contributed by atoms with Crippen LogP contribution in [0.1, 0.15) is 174 Å². The van der Waals surface area contributed by atoms with Gasteiger partial charge in [-0.05, 0) is 68.0 Å². The average molecular weight is 951 g/mol. The third-order valence-electron chi connectivity index (χ3n) is 8.93. The number of carbonyl (C=O) groups is 1. The summed E-state index contributed by atoms with van der Waals surface area (Å²) in [6.07, 6.45) is 26.9. The van der Waals surface area contributed by atoms with Crippen LogP contribution in [-0.4, -0.2) is 63.3 Å². The van der Waals surface area contributed by atoms with Gasteiger partial charge in [-0.15, -0.1) is 6.10 Å². The predicted octanol–water partition coefficient (Wildman–Crippen LogP) is 9.51. The van der Waals surface area contributed by atoms with Gasteiger partial charge < -0.3 is 23.5 Å². The van der Waals surface area contributed by atoms with Gasteiger partial charge in [0.2, 0.25) is 0 Å². The fraction of sp³-hybridized carbons (Fsp3) is 0.667. The Morgan fingerprint density at radius 1 is 0.590 bits per heavy atom. The van der Waals surface area contributed by atoms with Gasteiger partial charge in [-0.2, -0.15) is 0 Å². The minimum atomic E-state index is -4.33. The van der Waals surface area contributed by atoms with Gasteiger partial charge >= 0.3 is 27.7 Å². The first-order valence-corrected chi connectivity index (χ1v) is 26.0. The Morgan fingerprint density at radius 2 is 0.885 bits per heavy atom. The van der Waals surface area contributed by atoms with Gasteiger partial charge in [-0.25, -0.2) is 30.0 Å². The first kappa shape index (κ1) is 63.3. The van der Waals surface area contributed by atoms with Gasteiger partial charge in [-0.1, -0.05) is 174 Å². The number of hydrogen-bond acceptors (Lipinski definition) is 12. The van der Waals surface area contributed by atoms with Crippen LogP contribution in [0.4, 0.5) is 0 Å². The fourth-order valence-corrected chi connectivity index (χ4v) is 7.08. The maximum atomic E-state index is 11.0. The second-order valence-electron chi connectivity index (χ2n) is 15.3. The monoisotopic (exact) mass is 950 g/mol. The van der Waals surface area contributed by atoms with E-state index in [0.717, 1.165) is 36.8 Å². The van der Waals surface area contributed by atoms with E-state index >= 15 is 0 Å². The van der Waals surface area contributed by atoms with Gasteiger partial charge in [0.05, 0.1) is 25.7 Å². The molecule has 2 aromatic rings. The molecule has 0 spiro atoms. The molecular formula is C45H74O12S3Ti. The number of hydrogen-bond donors (Lipinski definition) is 0. The average Bonchev–Trinajstić information content (AvgIpc) is 3.15. The molecule has 0 radical (unpaired) electrons. The van der Waals surface area contributed by atoms with E-state index in [1.807, 2.05) is 12.1 Å². The van der Waals surface area contributed by atoms with Crippen LogP contribution in [0.2, 0.25) is 0 Å². The summed E-state index contributed by atoms with van der Waals surface area (Å²) in [5.41, 5.74) is 2.05. The van der Waals surface area contributed by atoms with Crippen molar-refractivity contribution in [3.05, 3.63) is 71.8 Å². The molecule has 0 unspecified atom stereocenters. The Kier molecular flexibility index (Phi) is 40.0. The van der Waals surface area contributed by atoms with Crippen molar-refractivity contribution >= 4 is 36.3 Å². The first-order valence-electron chi connectivity index (χ1n) is 21.7. The van der Waals surface area contributed by atoms with Crippen LogP contribution in [-0.2, 0) is 74.4 Å². The van der Waals surface area contributed by atoms with E-state index < -0.39 is 54.8 Å². The largest absolute Gasteiger partial charge is 4.00 e. The van der Waals surface area contributed by atoms with Crippen molar-refractivity contribution < 1.29 is 75.3 Å². The topological polar surface area (TPSA) is 221 Å². The van der Waals surface area contributed by atoms with E-state index in [1.54, 1.807) is 26.0 Å². The van der Waals surface area contributed by atoms with Gasteiger partial charge in [0.25, 0.3) is 0 Å². The van der Waals surface area contributed by atoms with Crippen molar-refractivity contribution in [2.75, 3.05) is 12.4 Å². The summed E-state index contributed by atoms with van der Waals surface area (Å²) < 4.78 is 100. The van der Waals surface area contributed by atoms with Crippen molar-refractivity contribution in [1.29, 1.82) is 0 Å². The molecule has 0 aliphatic heterocycles. The van der Waals surface area contributed by atoms with E-state index in [-0.39, 0.29) is 37.1 Å². The summed E-state index contributed by atoms with van der Waals surface area (Å²) in [7, 11) is -13.0. The second-order valence-corrected chi connectivity index (χ2v) is 19.6. The van der Waals surface area contributed by atoms with Crippen molar-refractivity contribution in [3.8, 4) is 0 Å². The molecule has 0 aliphatic rings. The molecule has 2 rings (SSSR count). The van der Waals surface area contributed by atoms with Crippen molar-refractivity contribution in [2.24, 2.45) is 0 Å². The van der Waals surface area contributed by atoms with Crippen molar-refractivity contribution in [1.82, 2.24) is 0 Å². The Morgan fingerprint density at radius 3 is 1.15 bits per heavy atom. The maximum absolute atomic E-state index is 11.0. The normalized spacial score (nSPS) is 11.2. The number of esters is 1. The quantitative estimate of drug-likeness (QED) is 0.0256. The smallest absolute Gasteiger partial charge is 0.852 e. The predicted molar refractivity (Wildman–Crippen MR) is 235 cm³/mol. The molecule has 0 N–H and O–H groups in total. The fourth-order valence-electron chi connectivity index (χ4n) is 5.71. The Labute approximate surface area is 385 Å². The Bertz CT molecular complexity index is 1650. The van der Waals surface area contributed by atoms with Crippen LogP contribution in [0.3, 0.4) is 0 Å². The van der Waals surface area contributed by atoms with Gasteiger partial charge in [0.1, 0.15) is 26.8 Å². The molecule has 0 bridgehead atoms. The number of rotatable bonds is 28. The van der Waals surface area contributed by atoms with Crippen LogP contribution in [0.15, 0.2) is 70.5 Å². The van der Waals surface area contributed by atoms with E-state index in [4.69, 9.17) is 0 Å². The molecule has 0 atom stereocenters. The molecule has 348 valence electrons. The standard InChI is InChI=1S/2C18H30O3S.C6H10O5S.C3H7O.Ti/c2*1-2-3-4-5-6-7-8-9-10-11-13-17-14-12-15-18(16-17)22(19,20)21;1-5(2)6(7)11-3-4-12(8,9)10;1-3(2)4;/h2*12,14-16H,2-11,13H2,1H3,(H,19,20,21);1,3-4H2,2H3,(H,8,9,10);3H,1-2H3;/q;;;-1;+4/p-3. The number of aryl methyl sites for hydroxylation is 2. The van der Waals surface area contributed by atoms with Crippen molar-refractivity contribution in [3.63, 3.8) is 0 Å². The van der Waals surface area contributed by atoms with Gasteiger partial charge in [0.15, 0.2) is 0 Å². The summed E-state index contributed by atoms with van der Waals surface area (Å²) in [6.45, 7) is 12.0. The molecule has 0 saturated heterocycles. The molecule has 0 amide bonds. The van der Waals surface area contributed by atoms with E-state index in [1.165, 1.54) is 147 Å². The van der Waals surface area contributed by atoms with Gasteiger partial charge in [-0.3, -0.25) is 0 Å². The minimum Gasteiger partial charge on any atom is -0.852 e. The maximum Gasteiger partial charge on any atom is 4.00 e. The number of benzene rings is 2. The molecule has 0 heterocycles. The van der Waals surface area contributed by atoms with Crippen LogP contribution in [0, 0.1) is 0 Å². The zero-order chi connectivity index (χ0) is 45.9. The van der Waals surface area contributed by atoms with Crippen molar-refractivity contribution in [2.45, 2.75) is 192 Å². The number of unbranched alkanes of at least 4 members (excludes halogenated alkanes) is 18. The van der Waals surface area contributed by atoms with E-state index in [0.29, 0.717) is 0 Å². The molecule has 0 aliphatic carbocycles. The Balaban J connectivity index is -0.000000815. The Hall–Kier alpha value is -1.95. The third kappa shape index (κ3) is 43.1.